The minimum absolute atomic E-state index is 0.0570. The number of carbonyl (C=O) groups is 2. The van der Waals surface area contributed by atoms with Crippen LogP contribution in [-0.4, -0.2) is 64.2 Å². The topological polar surface area (TPSA) is 105 Å². The highest BCUT2D eigenvalue weighted by molar-refractivity contribution is 7.92. The predicted octanol–water partition coefficient (Wildman–Crippen LogP) is 3.92. The van der Waals surface area contributed by atoms with Crippen LogP contribution in [0, 0.1) is 0 Å². The molecule has 9 nitrogen and oxygen atoms in total. The standard InChI is InChI=1S/C28H29Cl2N3O6S/c1-31-28(35)24(14-19-6-4-3-5-7-19)32(17-20-8-9-21(29)15-23(20)30)27(34)18-33(40(2,36)37)22-10-11-25-26(16-22)39-13-12-38-25/h3-11,15-16,24H,12-14,17-18H2,1-2H3,(H,31,35). The first-order valence-corrected chi connectivity index (χ1v) is 15.0. The highest BCUT2D eigenvalue weighted by Crippen LogP contribution is 2.35. The lowest BCUT2D eigenvalue weighted by molar-refractivity contribution is -0.139. The third-order valence-corrected chi connectivity index (χ3v) is 8.09. The van der Waals surface area contributed by atoms with Crippen LogP contribution in [0.2, 0.25) is 10.0 Å². The molecular weight excluding hydrogens is 577 g/mol. The van der Waals surface area contributed by atoms with Gasteiger partial charge in [0.25, 0.3) is 0 Å². The van der Waals surface area contributed by atoms with Crippen molar-refractivity contribution in [2.75, 3.05) is 37.4 Å². The fourth-order valence-corrected chi connectivity index (χ4v) is 5.66. The van der Waals surface area contributed by atoms with Crippen LogP contribution in [0.15, 0.2) is 66.7 Å². The van der Waals surface area contributed by atoms with E-state index in [-0.39, 0.29) is 18.7 Å². The van der Waals surface area contributed by atoms with Crippen molar-refractivity contribution >= 4 is 50.7 Å². The molecule has 1 aliphatic heterocycles. The first kappa shape index (κ1) is 29.5. The van der Waals surface area contributed by atoms with Gasteiger partial charge in [0.15, 0.2) is 11.5 Å². The highest BCUT2D eigenvalue weighted by atomic mass is 35.5. The van der Waals surface area contributed by atoms with Gasteiger partial charge in [-0.1, -0.05) is 59.6 Å². The Bertz CT molecular complexity index is 1490. The molecule has 4 rings (SSSR count). The number of likely N-dealkylation sites (N-methyl/N-ethyl adjacent to an activating group) is 1. The Balaban J connectivity index is 1.73. The van der Waals surface area contributed by atoms with Crippen molar-refractivity contribution in [1.29, 1.82) is 0 Å². The Morgan fingerprint density at radius 2 is 1.68 bits per heavy atom. The number of nitrogens with zero attached hydrogens (tertiary/aromatic N) is 2. The second-order valence-electron chi connectivity index (χ2n) is 9.17. The van der Waals surface area contributed by atoms with Gasteiger partial charge >= 0.3 is 0 Å². The van der Waals surface area contributed by atoms with E-state index in [2.05, 4.69) is 5.32 Å². The second-order valence-corrected chi connectivity index (χ2v) is 11.9. The van der Waals surface area contributed by atoms with Crippen molar-refractivity contribution in [3.8, 4) is 11.5 Å². The van der Waals surface area contributed by atoms with Gasteiger partial charge < -0.3 is 19.7 Å². The molecule has 1 heterocycles. The molecule has 2 amide bonds. The number of hydrogen-bond donors (Lipinski definition) is 1. The third-order valence-electron chi connectivity index (χ3n) is 6.37. The maximum atomic E-state index is 14.0. The van der Waals surface area contributed by atoms with Crippen LogP contribution in [-0.2, 0) is 32.6 Å². The van der Waals surface area contributed by atoms with Crippen LogP contribution in [0.3, 0.4) is 0 Å². The van der Waals surface area contributed by atoms with Crippen LogP contribution >= 0.6 is 23.2 Å². The lowest BCUT2D eigenvalue weighted by Crippen LogP contribution is -2.52. The molecule has 0 saturated heterocycles. The van der Waals surface area contributed by atoms with E-state index in [0.717, 1.165) is 16.1 Å². The molecule has 3 aromatic carbocycles. The van der Waals surface area contributed by atoms with Crippen molar-refractivity contribution in [3.63, 3.8) is 0 Å². The molecule has 3 aromatic rings. The fraction of sp³-hybridized carbons (Fsp3) is 0.286. The van der Waals surface area contributed by atoms with Crippen molar-refractivity contribution in [1.82, 2.24) is 10.2 Å². The zero-order valence-electron chi connectivity index (χ0n) is 22.0. The van der Waals surface area contributed by atoms with Crippen LogP contribution in [0.4, 0.5) is 5.69 Å². The molecule has 40 heavy (non-hydrogen) atoms. The Morgan fingerprint density at radius 3 is 2.33 bits per heavy atom. The summed E-state index contributed by atoms with van der Waals surface area (Å²) < 4.78 is 38.0. The predicted molar refractivity (Wildman–Crippen MR) is 155 cm³/mol. The molecule has 1 N–H and O–H groups in total. The molecule has 0 bridgehead atoms. The molecule has 12 heteroatoms. The maximum absolute atomic E-state index is 14.0. The fourth-order valence-electron chi connectivity index (χ4n) is 4.35. The Hall–Kier alpha value is -3.47. The summed E-state index contributed by atoms with van der Waals surface area (Å²) >= 11 is 12.5. The van der Waals surface area contributed by atoms with Gasteiger partial charge in [-0.2, -0.15) is 0 Å². The van der Waals surface area contributed by atoms with Gasteiger partial charge in [0.05, 0.1) is 11.9 Å². The highest BCUT2D eigenvalue weighted by Gasteiger charge is 2.33. The van der Waals surface area contributed by atoms with E-state index < -0.39 is 34.4 Å². The lowest BCUT2D eigenvalue weighted by atomic mass is 10.0. The summed E-state index contributed by atoms with van der Waals surface area (Å²) in [4.78, 5) is 28.5. The number of amides is 2. The summed E-state index contributed by atoms with van der Waals surface area (Å²) in [5, 5.41) is 3.36. The van der Waals surface area contributed by atoms with Gasteiger partial charge in [-0.25, -0.2) is 8.42 Å². The number of halogens is 2. The monoisotopic (exact) mass is 605 g/mol. The second kappa shape index (κ2) is 12.8. The number of fused-ring (bicyclic) bond motifs is 1. The van der Waals surface area contributed by atoms with Crippen LogP contribution in [0.5, 0.6) is 11.5 Å². The minimum Gasteiger partial charge on any atom is -0.486 e. The van der Waals surface area contributed by atoms with E-state index in [0.29, 0.717) is 40.3 Å². The van der Waals surface area contributed by atoms with Gasteiger partial charge in [0.1, 0.15) is 25.8 Å². The smallest absolute Gasteiger partial charge is 0.244 e. The summed E-state index contributed by atoms with van der Waals surface area (Å²) in [6.45, 7) is 0.0762. The third kappa shape index (κ3) is 7.18. The van der Waals surface area contributed by atoms with Crippen molar-refractivity contribution < 1.29 is 27.5 Å². The van der Waals surface area contributed by atoms with E-state index in [4.69, 9.17) is 32.7 Å². The van der Waals surface area contributed by atoms with Gasteiger partial charge in [-0.05, 0) is 35.4 Å². The van der Waals surface area contributed by atoms with Crippen molar-refractivity contribution in [2.45, 2.75) is 19.0 Å². The summed E-state index contributed by atoms with van der Waals surface area (Å²) in [5.41, 5.74) is 1.60. The zero-order chi connectivity index (χ0) is 28.9. The summed E-state index contributed by atoms with van der Waals surface area (Å²) in [6.07, 6.45) is 1.21. The van der Waals surface area contributed by atoms with Gasteiger partial charge in [-0.15, -0.1) is 0 Å². The quantitative estimate of drug-likeness (QED) is 0.375. The van der Waals surface area contributed by atoms with Crippen molar-refractivity contribution in [3.05, 3.63) is 87.9 Å². The molecule has 0 fully saturated rings. The molecule has 1 atom stereocenters. The van der Waals surface area contributed by atoms with Gasteiger partial charge in [0.2, 0.25) is 21.8 Å². The summed E-state index contributed by atoms with van der Waals surface area (Å²) in [7, 11) is -2.44. The normalized spacial score (nSPS) is 13.3. The molecule has 0 aromatic heterocycles. The van der Waals surface area contributed by atoms with E-state index in [1.165, 1.54) is 18.0 Å². The largest absolute Gasteiger partial charge is 0.486 e. The Morgan fingerprint density at radius 1 is 0.975 bits per heavy atom. The molecule has 0 aliphatic carbocycles. The average Bonchev–Trinajstić information content (AvgIpc) is 2.93. The zero-order valence-corrected chi connectivity index (χ0v) is 24.3. The maximum Gasteiger partial charge on any atom is 0.244 e. The molecule has 0 radical (unpaired) electrons. The van der Waals surface area contributed by atoms with Crippen LogP contribution < -0.4 is 19.1 Å². The number of carbonyl (C=O) groups excluding carboxylic acids is 2. The Labute approximate surface area is 243 Å². The summed E-state index contributed by atoms with van der Waals surface area (Å²) in [6, 6.07) is 17.8. The average molecular weight is 607 g/mol. The van der Waals surface area contributed by atoms with E-state index in [1.54, 1.807) is 30.3 Å². The number of sulfonamides is 1. The molecule has 1 aliphatic rings. The number of hydrogen-bond acceptors (Lipinski definition) is 6. The number of anilines is 1. The summed E-state index contributed by atoms with van der Waals surface area (Å²) in [5.74, 6) is -0.151. The molecule has 212 valence electrons. The van der Waals surface area contributed by atoms with E-state index in [9.17, 15) is 18.0 Å². The number of rotatable bonds is 10. The van der Waals surface area contributed by atoms with E-state index in [1.807, 2.05) is 30.3 Å². The minimum atomic E-state index is -3.92. The molecule has 0 saturated carbocycles. The number of nitrogens with one attached hydrogen (secondary N) is 1. The number of benzene rings is 3. The first-order chi connectivity index (χ1) is 19.1. The van der Waals surface area contributed by atoms with Gasteiger partial charge in [-0.3, -0.25) is 13.9 Å². The molecular formula is C28H29Cl2N3O6S. The van der Waals surface area contributed by atoms with Gasteiger partial charge in [0, 0.05) is 36.1 Å². The Kier molecular flexibility index (Phi) is 9.44. The SMILES string of the molecule is CNC(=O)C(Cc1ccccc1)N(Cc1ccc(Cl)cc1Cl)C(=O)CN(c1ccc2c(c1)OCCO2)S(C)(=O)=O. The number of ether oxygens (including phenoxy) is 2. The molecule has 0 spiro atoms. The van der Waals surface area contributed by atoms with E-state index >= 15 is 0 Å². The van der Waals surface area contributed by atoms with Crippen LogP contribution in [0.25, 0.3) is 0 Å². The molecule has 1 unspecified atom stereocenters. The first-order valence-electron chi connectivity index (χ1n) is 12.4. The lowest BCUT2D eigenvalue weighted by Gasteiger charge is -2.33. The van der Waals surface area contributed by atoms with Crippen molar-refractivity contribution in [2.24, 2.45) is 0 Å². The van der Waals surface area contributed by atoms with Crippen LogP contribution in [0.1, 0.15) is 11.1 Å².